The third kappa shape index (κ3) is 7.81. The van der Waals surface area contributed by atoms with Crippen molar-refractivity contribution in [2.45, 2.75) is 24.6 Å². The minimum atomic E-state index is -4.97. The summed E-state index contributed by atoms with van der Waals surface area (Å²) in [6.07, 6.45) is -9.82. The molecule has 2 amide bonds. The zero-order chi connectivity index (χ0) is 28.8. The summed E-state index contributed by atoms with van der Waals surface area (Å²) in [6, 6.07) is 18.8. The van der Waals surface area contributed by atoms with Gasteiger partial charge < -0.3 is 24.4 Å². The number of ether oxygens (including phenoxy) is 3. The van der Waals surface area contributed by atoms with E-state index in [-0.39, 0.29) is 24.1 Å². The van der Waals surface area contributed by atoms with Gasteiger partial charge >= 0.3 is 18.8 Å². The van der Waals surface area contributed by atoms with E-state index in [9.17, 15) is 31.1 Å². The van der Waals surface area contributed by atoms with Crippen LogP contribution >= 0.6 is 0 Å². The number of urea groups is 1. The van der Waals surface area contributed by atoms with Gasteiger partial charge in [-0.05, 0) is 47.4 Å². The first-order valence-corrected chi connectivity index (χ1v) is 12.3. The lowest BCUT2D eigenvalue weighted by Crippen LogP contribution is -2.50. The van der Waals surface area contributed by atoms with Gasteiger partial charge in [0.2, 0.25) is 0 Å². The number of carbonyl (C=O) groups excluding carboxylic acids is 1. The zero-order valence-electron chi connectivity index (χ0n) is 21.1. The zero-order valence-corrected chi connectivity index (χ0v) is 21.1. The summed E-state index contributed by atoms with van der Waals surface area (Å²) in [5, 5.41) is 2.85. The fraction of sp³-hybridized carbons (Fsp3) is 0.321. The van der Waals surface area contributed by atoms with Gasteiger partial charge in [0.1, 0.15) is 11.5 Å². The van der Waals surface area contributed by atoms with Crippen LogP contribution in [0.3, 0.4) is 0 Å². The van der Waals surface area contributed by atoms with Gasteiger partial charge in [-0.15, -0.1) is 26.3 Å². The number of amides is 2. The summed E-state index contributed by atoms with van der Waals surface area (Å²) in [5.74, 6) is -1.02. The summed E-state index contributed by atoms with van der Waals surface area (Å²) in [4.78, 5) is 14.6. The quantitative estimate of drug-likeness (QED) is 0.336. The third-order valence-corrected chi connectivity index (χ3v) is 6.43. The highest BCUT2D eigenvalue weighted by atomic mass is 19.4. The van der Waals surface area contributed by atoms with Crippen molar-refractivity contribution in [1.82, 2.24) is 10.2 Å². The van der Waals surface area contributed by atoms with Crippen LogP contribution in [0.4, 0.5) is 31.1 Å². The van der Waals surface area contributed by atoms with Gasteiger partial charge in [-0.2, -0.15) is 0 Å². The first kappa shape index (κ1) is 29.1. The molecule has 0 spiro atoms. The van der Waals surface area contributed by atoms with Crippen molar-refractivity contribution in [2.24, 2.45) is 0 Å². The highest BCUT2D eigenvalue weighted by Crippen LogP contribution is 2.40. The number of nitrogens with zero attached hydrogens (tertiary/aromatic N) is 1. The van der Waals surface area contributed by atoms with Crippen molar-refractivity contribution >= 4 is 6.03 Å². The van der Waals surface area contributed by atoms with E-state index in [2.05, 4.69) is 14.8 Å². The van der Waals surface area contributed by atoms with E-state index in [0.29, 0.717) is 26.3 Å². The molecule has 0 bridgehead atoms. The SMILES string of the molecule is O=C(NCC(Cc1ccccc1)(c1cccc(OC(F)(F)F)c1)c1cccc(OC(F)(F)F)c1)N1CCOCC1. The van der Waals surface area contributed by atoms with Crippen LogP contribution < -0.4 is 14.8 Å². The first-order chi connectivity index (χ1) is 18.9. The predicted octanol–water partition coefficient (Wildman–Crippen LogP) is 6.05. The van der Waals surface area contributed by atoms with Gasteiger partial charge in [0, 0.05) is 25.0 Å². The molecule has 0 atom stereocenters. The standard InChI is InChI=1S/C28H26F6N2O4/c29-27(30,31)39-23-10-4-8-21(16-23)26(18-20-6-2-1-3-7-20,19-35-25(37)36-12-14-38-15-13-36)22-9-5-11-24(17-22)40-28(32,33)34/h1-11,16-17H,12-15,18-19H2,(H,35,37). The predicted molar refractivity (Wildman–Crippen MR) is 133 cm³/mol. The van der Waals surface area contributed by atoms with Crippen LogP contribution in [0.15, 0.2) is 78.9 Å². The van der Waals surface area contributed by atoms with E-state index in [0.717, 1.165) is 17.7 Å². The maximum atomic E-state index is 13.1. The van der Waals surface area contributed by atoms with E-state index >= 15 is 0 Å². The molecule has 3 aromatic carbocycles. The van der Waals surface area contributed by atoms with E-state index in [4.69, 9.17) is 4.74 Å². The lowest BCUT2D eigenvalue weighted by molar-refractivity contribution is -0.275. The molecule has 12 heteroatoms. The van der Waals surface area contributed by atoms with E-state index in [1.807, 2.05) is 0 Å². The van der Waals surface area contributed by atoms with Crippen LogP contribution in [0, 0.1) is 0 Å². The molecule has 1 fully saturated rings. The normalized spacial score (nSPS) is 14.5. The van der Waals surface area contributed by atoms with Crippen LogP contribution in [0.2, 0.25) is 0 Å². The minimum Gasteiger partial charge on any atom is -0.406 e. The largest absolute Gasteiger partial charge is 0.573 e. The topological polar surface area (TPSA) is 60.0 Å². The van der Waals surface area contributed by atoms with Crippen molar-refractivity contribution in [2.75, 3.05) is 32.8 Å². The van der Waals surface area contributed by atoms with E-state index in [1.165, 1.54) is 29.2 Å². The Kier molecular flexibility index (Phi) is 8.77. The second-order valence-electron chi connectivity index (χ2n) is 9.15. The molecular weight excluding hydrogens is 542 g/mol. The second kappa shape index (κ2) is 12.1. The third-order valence-electron chi connectivity index (χ3n) is 6.43. The molecule has 214 valence electrons. The number of benzene rings is 3. The van der Waals surface area contributed by atoms with Gasteiger partial charge in [0.15, 0.2) is 0 Å². The number of hydrogen-bond acceptors (Lipinski definition) is 4. The number of hydrogen-bond donors (Lipinski definition) is 1. The molecule has 6 nitrogen and oxygen atoms in total. The Balaban J connectivity index is 1.84. The van der Waals surface area contributed by atoms with E-state index < -0.39 is 35.7 Å². The van der Waals surface area contributed by atoms with Crippen LogP contribution in [0.25, 0.3) is 0 Å². The summed E-state index contributed by atoms with van der Waals surface area (Å²) in [5.41, 5.74) is -0.0410. The van der Waals surface area contributed by atoms with Crippen molar-refractivity contribution in [3.8, 4) is 11.5 Å². The maximum absolute atomic E-state index is 13.1. The monoisotopic (exact) mass is 568 g/mol. The van der Waals surface area contributed by atoms with E-state index in [1.54, 1.807) is 42.5 Å². The Morgan fingerprint density at radius 2 is 1.30 bits per heavy atom. The van der Waals surface area contributed by atoms with Crippen LogP contribution in [0.5, 0.6) is 11.5 Å². The summed E-state index contributed by atoms with van der Waals surface area (Å²) >= 11 is 0. The molecule has 40 heavy (non-hydrogen) atoms. The Morgan fingerprint density at radius 1 is 0.775 bits per heavy atom. The minimum absolute atomic E-state index is 0.113. The van der Waals surface area contributed by atoms with Gasteiger partial charge in [0.05, 0.1) is 13.2 Å². The Hall–Kier alpha value is -3.93. The maximum Gasteiger partial charge on any atom is 0.573 e. The van der Waals surface area contributed by atoms with Crippen LogP contribution in [-0.2, 0) is 16.6 Å². The average molecular weight is 569 g/mol. The molecule has 3 aromatic rings. The Labute approximate surface area is 226 Å². The fourth-order valence-electron chi connectivity index (χ4n) is 4.67. The molecule has 0 saturated carbocycles. The van der Waals surface area contributed by atoms with Crippen molar-refractivity contribution in [3.63, 3.8) is 0 Å². The van der Waals surface area contributed by atoms with Crippen molar-refractivity contribution in [3.05, 3.63) is 95.6 Å². The van der Waals surface area contributed by atoms with Crippen molar-refractivity contribution < 1.29 is 45.3 Å². The van der Waals surface area contributed by atoms with Gasteiger partial charge in [0.25, 0.3) is 0 Å². The summed E-state index contributed by atoms with van der Waals surface area (Å²) < 4.78 is 92.1. The molecule has 0 unspecified atom stereocenters. The highest BCUT2D eigenvalue weighted by Gasteiger charge is 2.39. The summed E-state index contributed by atoms with van der Waals surface area (Å²) in [6.45, 7) is 1.19. The molecule has 1 heterocycles. The number of carbonyl (C=O) groups is 1. The Morgan fingerprint density at radius 3 is 1.80 bits per heavy atom. The number of halogens is 6. The van der Waals surface area contributed by atoms with Gasteiger partial charge in [-0.3, -0.25) is 0 Å². The van der Waals surface area contributed by atoms with Gasteiger partial charge in [-0.1, -0.05) is 54.6 Å². The number of nitrogens with one attached hydrogen (secondary N) is 1. The fourth-order valence-corrected chi connectivity index (χ4v) is 4.67. The van der Waals surface area contributed by atoms with Crippen LogP contribution in [0.1, 0.15) is 16.7 Å². The lowest BCUT2D eigenvalue weighted by atomic mass is 9.70. The average Bonchev–Trinajstić information content (AvgIpc) is 2.90. The molecule has 1 aliphatic heterocycles. The molecule has 0 aliphatic carbocycles. The molecule has 1 aliphatic rings. The molecular formula is C28H26F6N2O4. The number of alkyl halides is 6. The smallest absolute Gasteiger partial charge is 0.406 e. The second-order valence-corrected chi connectivity index (χ2v) is 9.15. The molecule has 0 radical (unpaired) electrons. The molecule has 4 rings (SSSR count). The Bertz CT molecular complexity index is 1220. The lowest BCUT2D eigenvalue weighted by Gasteiger charge is -2.37. The molecule has 1 N–H and O–H groups in total. The first-order valence-electron chi connectivity index (χ1n) is 12.3. The van der Waals surface area contributed by atoms with Gasteiger partial charge in [-0.25, -0.2) is 4.79 Å². The number of rotatable bonds is 8. The highest BCUT2D eigenvalue weighted by molar-refractivity contribution is 5.74. The molecule has 1 saturated heterocycles. The van der Waals surface area contributed by atoms with Crippen molar-refractivity contribution in [1.29, 1.82) is 0 Å². The molecule has 0 aromatic heterocycles. The van der Waals surface area contributed by atoms with Crippen LogP contribution in [-0.4, -0.2) is 56.5 Å². The number of morpholine rings is 1. The summed E-state index contributed by atoms with van der Waals surface area (Å²) in [7, 11) is 0.